The summed E-state index contributed by atoms with van der Waals surface area (Å²) in [4.78, 5) is 39.0. The standard InChI is InChI=1S/C18H19FN6O3/c19-14-5-12-15(26)13(18(27)28)7-22-16(12)24-17(14)25-4-2-11(8-25)21-3-1-10-6-20-9-23-10/h5-7,9,11,21H,1-4,8H2,(H,20,23)(H,27,28)(H,22,24,26). The number of rotatable bonds is 6. The van der Waals surface area contributed by atoms with Crippen molar-refractivity contribution in [2.24, 2.45) is 0 Å². The minimum atomic E-state index is -1.36. The summed E-state index contributed by atoms with van der Waals surface area (Å²) in [6.07, 6.45) is 6.19. The van der Waals surface area contributed by atoms with Crippen LogP contribution in [0.4, 0.5) is 10.2 Å². The molecule has 0 aromatic carbocycles. The second-order valence-corrected chi connectivity index (χ2v) is 6.74. The van der Waals surface area contributed by atoms with E-state index < -0.39 is 22.8 Å². The first-order chi connectivity index (χ1) is 13.5. The van der Waals surface area contributed by atoms with E-state index in [0.29, 0.717) is 13.1 Å². The van der Waals surface area contributed by atoms with E-state index in [1.807, 2.05) is 4.90 Å². The van der Waals surface area contributed by atoms with Crippen LogP contribution in [0.1, 0.15) is 22.5 Å². The number of pyridine rings is 2. The minimum Gasteiger partial charge on any atom is -0.477 e. The van der Waals surface area contributed by atoms with Crippen LogP contribution < -0.4 is 15.6 Å². The quantitative estimate of drug-likeness (QED) is 0.496. The Morgan fingerprint density at radius 3 is 3.04 bits per heavy atom. The van der Waals surface area contributed by atoms with E-state index in [-0.39, 0.29) is 22.9 Å². The van der Waals surface area contributed by atoms with Gasteiger partial charge in [0.1, 0.15) is 11.2 Å². The number of nitrogens with one attached hydrogen (secondary N) is 3. The van der Waals surface area contributed by atoms with E-state index in [4.69, 9.17) is 5.11 Å². The number of nitrogens with zero attached hydrogens (tertiary/aromatic N) is 3. The number of hydrogen-bond donors (Lipinski definition) is 4. The van der Waals surface area contributed by atoms with Crippen LogP contribution in [0.15, 0.2) is 29.6 Å². The number of imidazole rings is 1. The number of hydrogen-bond acceptors (Lipinski definition) is 6. The molecule has 1 fully saturated rings. The highest BCUT2D eigenvalue weighted by molar-refractivity contribution is 5.91. The number of carboxylic acids is 1. The highest BCUT2D eigenvalue weighted by Gasteiger charge is 2.26. The number of carboxylic acid groups (broad SMARTS) is 1. The highest BCUT2D eigenvalue weighted by atomic mass is 19.1. The first kappa shape index (κ1) is 18.1. The largest absolute Gasteiger partial charge is 0.477 e. The zero-order valence-electron chi connectivity index (χ0n) is 14.9. The second kappa shape index (κ2) is 7.39. The molecule has 0 bridgehead atoms. The molecule has 4 heterocycles. The lowest BCUT2D eigenvalue weighted by molar-refractivity contribution is 0.0695. The van der Waals surface area contributed by atoms with Crippen molar-refractivity contribution in [1.82, 2.24) is 25.3 Å². The fraction of sp³-hybridized carbons (Fsp3) is 0.333. The lowest BCUT2D eigenvalue weighted by atomic mass is 10.2. The Balaban J connectivity index is 1.48. The number of anilines is 1. The van der Waals surface area contributed by atoms with Crippen LogP contribution in [0.5, 0.6) is 0 Å². The summed E-state index contributed by atoms with van der Waals surface area (Å²) in [6, 6.07) is 1.26. The van der Waals surface area contributed by atoms with E-state index in [1.54, 1.807) is 12.5 Å². The van der Waals surface area contributed by atoms with Crippen molar-refractivity contribution >= 4 is 22.8 Å². The summed E-state index contributed by atoms with van der Waals surface area (Å²) in [5, 5.41) is 12.4. The zero-order chi connectivity index (χ0) is 19.7. The second-order valence-electron chi connectivity index (χ2n) is 6.74. The number of carbonyl (C=O) groups is 1. The molecule has 1 saturated heterocycles. The van der Waals surface area contributed by atoms with Gasteiger partial charge in [-0.15, -0.1) is 0 Å². The van der Waals surface area contributed by atoms with Crippen molar-refractivity contribution in [3.05, 3.63) is 52.1 Å². The number of H-pyrrole nitrogens is 2. The van der Waals surface area contributed by atoms with Gasteiger partial charge in [-0.3, -0.25) is 4.79 Å². The molecule has 1 atom stereocenters. The van der Waals surface area contributed by atoms with Gasteiger partial charge >= 0.3 is 5.97 Å². The molecule has 0 amide bonds. The number of fused-ring (bicyclic) bond motifs is 1. The molecule has 0 saturated carbocycles. The van der Waals surface area contributed by atoms with Crippen molar-refractivity contribution in [3.63, 3.8) is 0 Å². The third-order valence-corrected chi connectivity index (χ3v) is 4.90. The van der Waals surface area contributed by atoms with Crippen molar-refractivity contribution in [3.8, 4) is 0 Å². The lowest BCUT2D eigenvalue weighted by Crippen LogP contribution is -2.34. The minimum absolute atomic E-state index is 0.0745. The van der Waals surface area contributed by atoms with E-state index in [1.165, 1.54) is 0 Å². The zero-order valence-corrected chi connectivity index (χ0v) is 14.9. The van der Waals surface area contributed by atoms with Gasteiger partial charge < -0.3 is 25.3 Å². The van der Waals surface area contributed by atoms with Crippen LogP contribution in [0.2, 0.25) is 0 Å². The smallest absolute Gasteiger partial charge is 0.341 e. The summed E-state index contributed by atoms with van der Waals surface area (Å²) in [5.74, 6) is -1.85. The SMILES string of the molecule is O=C(O)c1c[nH]c2nc(N3CCC(NCCc4cnc[nH]4)C3)c(F)cc2c1=O. The molecule has 3 aromatic heterocycles. The van der Waals surface area contributed by atoms with E-state index in [0.717, 1.165) is 37.3 Å². The van der Waals surface area contributed by atoms with Gasteiger partial charge in [0, 0.05) is 50.2 Å². The molecule has 146 valence electrons. The molecular weight excluding hydrogens is 367 g/mol. The molecule has 0 radical (unpaired) electrons. The monoisotopic (exact) mass is 386 g/mol. The van der Waals surface area contributed by atoms with E-state index >= 15 is 0 Å². The molecular formula is C18H19FN6O3. The van der Waals surface area contributed by atoms with Crippen molar-refractivity contribution in [2.75, 3.05) is 24.5 Å². The molecule has 1 unspecified atom stereocenters. The van der Waals surface area contributed by atoms with Crippen LogP contribution in [-0.4, -0.2) is 56.7 Å². The van der Waals surface area contributed by atoms with E-state index in [9.17, 15) is 14.0 Å². The Morgan fingerprint density at radius 2 is 2.29 bits per heavy atom. The summed E-state index contributed by atoms with van der Waals surface area (Å²) < 4.78 is 14.6. The van der Waals surface area contributed by atoms with Crippen LogP contribution >= 0.6 is 0 Å². The Hall–Kier alpha value is -3.27. The van der Waals surface area contributed by atoms with Crippen LogP contribution in [0.3, 0.4) is 0 Å². The van der Waals surface area contributed by atoms with Crippen molar-refractivity contribution in [1.29, 1.82) is 0 Å². The summed E-state index contributed by atoms with van der Waals surface area (Å²) >= 11 is 0. The summed E-state index contributed by atoms with van der Waals surface area (Å²) in [6.45, 7) is 2.00. The molecule has 4 rings (SSSR count). The van der Waals surface area contributed by atoms with Crippen molar-refractivity contribution in [2.45, 2.75) is 18.9 Å². The molecule has 9 nitrogen and oxygen atoms in total. The summed E-state index contributed by atoms with van der Waals surface area (Å²) in [5.41, 5.74) is 0.0273. The first-order valence-electron chi connectivity index (χ1n) is 8.93. The van der Waals surface area contributed by atoms with Crippen molar-refractivity contribution < 1.29 is 14.3 Å². The molecule has 3 aromatic rings. The van der Waals surface area contributed by atoms with Gasteiger partial charge in [0.15, 0.2) is 11.6 Å². The number of aromatic amines is 2. The third kappa shape index (κ3) is 3.46. The highest BCUT2D eigenvalue weighted by Crippen LogP contribution is 2.24. The van der Waals surface area contributed by atoms with Gasteiger partial charge in [0.05, 0.1) is 11.7 Å². The maximum Gasteiger partial charge on any atom is 0.341 e. The van der Waals surface area contributed by atoms with E-state index in [2.05, 4.69) is 25.3 Å². The number of aromatic nitrogens is 4. The fourth-order valence-corrected chi connectivity index (χ4v) is 3.45. The maximum absolute atomic E-state index is 14.6. The fourth-order valence-electron chi connectivity index (χ4n) is 3.45. The molecule has 1 aliphatic rings. The molecule has 0 aliphatic carbocycles. The maximum atomic E-state index is 14.6. The van der Waals surface area contributed by atoms with Gasteiger partial charge in [-0.2, -0.15) is 0 Å². The molecule has 4 N–H and O–H groups in total. The topological polar surface area (TPSA) is 127 Å². The van der Waals surface area contributed by atoms with Crippen LogP contribution in [-0.2, 0) is 6.42 Å². The predicted octanol–water partition coefficient (Wildman–Crippen LogP) is 0.894. The van der Waals surface area contributed by atoms with Gasteiger partial charge in [0.25, 0.3) is 0 Å². The molecule has 1 aliphatic heterocycles. The molecule has 10 heteroatoms. The Labute approximate surface area is 158 Å². The number of aromatic carboxylic acids is 1. The Morgan fingerprint density at radius 1 is 1.43 bits per heavy atom. The average Bonchev–Trinajstić information content (AvgIpc) is 3.34. The average molecular weight is 386 g/mol. The van der Waals surface area contributed by atoms with Crippen LogP contribution in [0.25, 0.3) is 11.0 Å². The normalized spacial score (nSPS) is 16.8. The summed E-state index contributed by atoms with van der Waals surface area (Å²) in [7, 11) is 0. The van der Waals surface area contributed by atoms with Gasteiger partial charge in [-0.05, 0) is 12.5 Å². The Kier molecular flexibility index (Phi) is 4.78. The first-order valence-corrected chi connectivity index (χ1v) is 8.93. The molecule has 28 heavy (non-hydrogen) atoms. The van der Waals surface area contributed by atoms with Gasteiger partial charge in [-0.1, -0.05) is 0 Å². The van der Waals surface area contributed by atoms with Crippen LogP contribution in [0, 0.1) is 5.82 Å². The third-order valence-electron chi connectivity index (χ3n) is 4.90. The number of halogens is 1. The Bertz CT molecular complexity index is 1070. The van der Waals surface area contributed by atoms with Gasteiger partial charge in [0.2, 0.25) is 5.43 Å². The molecule has 0 spiro atoms. The van der Waals surface area contributed by atoms with Gasteiger partial charge in [-0.25, -0.2) is 19.2 Å². The lowest BCUT2D eigenvalue weighted by Gasteiger charge is -2.19. The predicted molar refractivity (Wildman–Crippen MR) is 100 cm³/mol.